The van der Waals surface area contributed by atoms with Gasteiger partial charge in [0.2, 0.25) is 15.9 Å². The van der Waals surface area contributed by atoms with E-state index in [2.05, 4.69) is 4.72 Å². The number of carbonyl (C=O) groups excluding carboxylic acids is 2. The van der Waals surface area contributed by atoms with Crippen LogP contribution in [0.5, 0.6) is 0 Å². The van der Waals surface area contributed by atoms with Crippen molar-refractivity contribution in [3.63, 3.8) is 0 Å². The highest BCUT2D eigenvalue weighted by atomic mass is 32.2. The fourth-order valence-electron chi connectivity index (χ4n) is 3.43. The predicted molar refractivity (Wildman–Crippen MR) is 113 cm³/mol. The number of hydrogen-bond acceptors (Lipinski definition) is 6. The van der Waals surface area contributed by atoms with E-state index in [0.717, 1.165) is 0 Å². The number of nitrogens with zero attached hydrogens (tertiary/aromatic N) is 1. The minimum atomic E-state index is -3.93. The number of carboxylic acid groups (broad SMARTS) is 1. The quantitative estimate of drug-likeness (QED) is 0.543. The summed E-state index contributed by atoms with van der Waals surface area (Å²) in [5, 5.41) is 9.38. The largest absolute Gasteiger partial charge is 0.480 e. The van der Waals surface area contributed by atoms with Gasteiger partial charge in [-0.3, -0.25) is 9.59 Å². The Morgan fingerprint density at radius 3 is 2.45 bits per heavy atom. The van der Waals surface area contributed by atoms with E-state index in [0.29, 0.717) is 18.4 Å². The Morgan fingerprint density at radius 2 is 1.87 bits per heavy atom. The molecule has 0 radical (unpaired) electrons. The van der Waals surface area contributed by atoms with Crippen LogP contribution in [-0.2, 0) is 34.9 Å². The number of ether oxygens (including phenoxy) is 1. The molecule has 2 atom stereocenters. The smallest absolute Gasteiger partial charge is 0.326 e. The van der Waals surface area contributed by atoms with Crippen LogP contribution in [0, 0.1) is 0 Å². The zero-order valence-corrected chi connectivity index (χ0v) is 18.9. The monoisotopic (exact) mass is 454 g/mol. The van der Waals surface area contributed by atoms with Crippen molar-refractivity contribution in [3.8, 4) is 0 Å². The molecule has 2 N–H and O–H groups in total. The first-order valence-corrected chi connectivity index (χ1v) is 11.8. The Bertz CT molecular complexity index is 894. The standard InChI is InChI=1S/C21H30N2O7S/c1-21(2,3)30-18(24)12-11-16(19(25)23-13-7-10-17(23)20(26)27)22-31(28,29)14-15-8-5-4-6-9-15/h4-6,8-9,16-17,22H,7,10-14H2,1-3H3,(H,26,27)/t16-,17+/m1/s1. The van der Waals surface area contributed by atoms with Gasteiger partial charge in [-0.1, -0.05) is 30.3 Å². The summed E-state index contributed by atoms with van der Waals surface area (Å²) in [5.41, 5.74) is -0.176. The first-order valence-electron chi connectivity index (χ1n) is 10.2. The van der Waals surface area contributed by atoms with Crippen LogP contribution in [0.3, 0.4) is 0 Å². The molecule has 1 aromatic carbocycles. The van der Waals surface area contributed by atoms with Crippen molar-refractivity contribution in [1.29, 1.82) is 0 Å². The van der Waals surface area contributed by atoms with Gasteiger partial charge in [0.05, 0.1) is 5.75 Å². The molecule has 31 heavy (non-hydrogen) atoms. The normalized spacial score (nSPS) is 17.9. The maximum Gasteiger partial charge on any atom is 0.326 e. The zero-order chi connectivity index (χ0) is 23.2. The van der Waals surface area contributed by atoms with E-state index in [-0.39, 0.29) is 25.1 Å². The molecule has 10 heteroatoms. The average molecular weight is 455 g/mol. The van der Waals surface area contributed by atoms with Crippen LogP contribution in [-0.4, -0.2) is 60.5 Å². The van der Waals surface area contributed by atoms with Crippen LogP contribution in [0.15, 0.2) is 30.3 Å². The maximum absolute atomic E-state index is 13.1. The number of amides is 1. The van der Waals surface area contributed by atoms with Gasteiger partial charge in [0.15, 0.2) is 0 Å². The maximum atomic E-state index is 13.1. The molecule has 1 aliphatic rings. The molecule has 9 nitrogen and oxygen atoms in total. The second-order valence-electron chi connectivity index (χ2n) is 8.57. The molecule has 2 rings (SSSR count). The topological polar surface area (TPSA) is 130 Å². The van der Waals surface area contributed by atoms with Crippen LogP contribution in [0.4, 0.5) is 0 Å². The molecule has 0 unspecified atom stereocenters. The SMILES string of the molecule is CC(C)(C)OC(=O)CC[C@@H](NS(=O)(=O)Cc1ccccc1)C(=O)N1CCC[C@H]1C(=O)O. The third-order valence-electron chi connectivity index (χ3n) is 4.70. The second kappa shape index (κ2) is 10.2. The molecule has 0 aliphatic carbocycles. The van der Waals surface area contributed by atoms with Gasteiger partial charge in [0, 0.05) is 13.0 Å². The van der Waals surface area contributed by atoms with Gasteiger partial charge < -0.3 is 14.7 Å². The van der Waals surface area contributed by atoms with Crippen LogP contribution >= 0.6 is 0 Å². The van der Waals surface area contributed by atoms with Gasteiger partial charge in [0.1, 0.15) is 17.7 Å². The summed E-state index contributed by atoms with van der Waals surface area (Å²) in [6.45, 7) is 5.34. The van der Waals surface area contributed by atoms with Gasteiger partial charge in [-0.2, -0.15) is 0 Å². The fraction of sp³-hybridized carbons (Fsp3) is 0.571. The number of sulfonamides is 1. The molecule has 1 aliphatic heterocycles. The van der Waals surface area contributed by atoms with Crippen molar-refractivity contribution in [3.05, 3.63) is 35.9 Å². The van der Waals surface area contributed by atoms with E-state index in [1.807, 2.05) is 0 Å². The lowest BCUT2D eigenvalue weighted by Crippen LogP contribution is -2.52. The molecule has 0 spiro atoms. The van der Waals surface area contributed by atoms with E-state index in [1.54, 1.807) is 51.1 Å². The van der Waals surface area contributed by atoms with Crippen LogP contribution < -0.4 is 4.72 Å². The fourth-order valence-corrected chi connectivity index (χ4v) is 4.79. The summed E-state index contributed by atoms with van der Waals surface area (Å²) in [7, 11) is -3.93. The highest BCUT2D eigenvalue weighted by molar-refractivity contribution is 7.88. The minimum absolute atomic E-state index is 0.134. The van der Waals surface area contributed by atoms with E-state index in [9.17, 15) is 27.9 Å². The molecule has 0 aromatic heterocycles. The van der Waals surface area contributed by atoms with E-state index >= 15 is 0 Å². The van der Waals surface area contributed by atoms with E-state index < -0.39 is 45.6 Å². The third kappa shape index (κ3) is 7.95. The summed E-state index contributed by atoms with van der Waals surface area (Å²) < 4.78 is 33.0. The van der Waals surface area contributed by atoms with Crippen molar-refractivity contribution in [2.24, 2.45) is 0 Å². The number of carboxylic acids is 1. The number of nitrogens with one attached hydrogen (secondary N) is 1. The molecule has 1 amide bonds. The number of esters is 1. The minimum Gasteiger partial charge on any atom is -0.480 e. The lowest BCUT2D eigenvalue weighted by Gasteiger charge is -2.27. The van der Waals surface area contributed by atoms with Gasteiger partial charge in [-0.25, -0.2) is 17.9 Å². The Hall–Kier alpha value is -2.46. The summed E-state index contributed by atoms with van der Waals surface area (Å²) in [6.07, 6.45) is 0.493. The Balaban J connectivity index is 2.17. The summed E-state index contributed by atoms with van der Waals surface area (Å²) in [5.74, 6) is -2.69. The summed E-state index contributed by atoms with van der Waals surface area (Å²) in [6, 6.07) is 6.21. The van der Waals surface area contributed by atoms with Gasteiger partial charge in [-0.15, -0.1) is 0 Å². The second-order valence-corrected chi connectivity index (χ2v) is 10.3. The molecular weight excluding hydrogens is 424 g/mol. The van der Waals surface area contributed by atoms with Crippen molar-refractivity contribution < 1.29 is 32.6 Å². The lowest BCUT2D eigenvalue weighted by atomic mass is 10.1. The number of carbonyl (C=O) groups is 3. The van der Waals surface area contributed by atoms with E-state index in [1.165, 1.54) is 4.90 Å². The lowest BCUT2D eigenvalue weighted by molar-refractivity contribution is -0.155. The molecular formula is C21H30N2O7S. The molecule has 172 valence electrons. The van der Waals surface area contributed by atoms with Gasteiger partial charge >= 0.3 is 11.9 Å². The first kappa shape index (κ1) is 24.8. The number of aliphatic carboxylic acids is 1. The van der Waals surface area contributed by atoms with Crippen molar-refractivity contribution in [1.82, 2.24) is 9.62 Å². The zero-order valence-electron chi connectivity index (χ0n) is 18.0. The number of rotatable bonds is 9. The average Bonchev–Trinajstić information content (AvgIpc) is 3.13. The number of benzene rings is 1. The van der Waals surface area contributed by atoms with Gasteiger partial charge in [-0.05, 0) is 45.6 Å². The van der Waals surface area contributed by atoms with Gasteiger partial charge in [0.25, 0.3) is 0 Å². The predicted octanol–water partition coefficient (Wildman–Crippen LogP) is 1.67. The molecule has 1 saturated heterocycles. The highest BCUT2D eigenvalue weighted by Gasteiger charge is 2.38. The van der Waals surface area contributed by atoms with Crippen molar-refractivity contribution in [2.45, 2.75) is 69.9 Å². The van der Waals surface area contributed by atoms with E-state index in [4.69, 9.17) is 4.74 Å². The summed E-state index contributed by atoms with van der Waals surface area (Å²) in [4.78, 5) is 37.8. The van der Waals surface area contributed by atoms with Crippen LogP contribution in [0.2, 0.25) is 0 Å². The van der Waals surface area contributed by atoms with Crippen LogP contribution in [0.1, 0.15) is 52.0 Å². The van der Waals surface area contributed by atoms with Crippen molar-refractivity contribution >= 4 is 27.9 Å². The van der Waals surface area contributed by atoms with Crippen molar-refractivity contribution in [2.75, 3.05) is 6.54 Å². The summed E-state index contributed by atoms with van der Waals surface area (Å²) >= 11 is 0. The Labute approximate surface area is 182 Å². The molecule has 1 aromatic rings. The Morgan fingerprint density at radius 1 is 1.23 bits per heavy atom. The highest BCUT2D eigenvalue weighted by Crippen LogP contribution is 2.21. The molecule has 0 bridgehead atoms. The number of hydrogen-bond donors (Lipinski definition) is 2. The first-order chi connectivity index (χ1) is 14.4. The Kier molecular flexibility index (Phi) is 8.19. The molecule has 1 heterocycles. The van der Waals surface area contributed by atoms with Crippen LogP contribution in [0.25, 0.3) is 0 Å². The molecule has 1 fully saturated rings. The molecule has 0 saturated carbocycles. The third-order valence-corrected chi connectivity index (χ3v) is 6.05. The number of likely N-dealkylation sites (tertiary alicyclic amines) is 1.